The third-order valence-electron chi connectivity index (χ3n) is 6.31. The lowest BCUT2D eigenvalue weighted by Crippen LogP contribution is -2.31. The first-order valence-corrected chi connectivity index (χ1v) is 11.2. The maximum Gasteiger partial charge on any atom is 0.295 e. The number of Topliss-reactive ketones (excluding diaryl/α,β-unsaturated/α-hetero) is 1. The fourth-order valence-electron chi connectivity index (χ4n) is 4.71. The Morgan fingerprint density at radius 1 is 1.00 bits per heavy atom. The number of ether oxygens (including phenoxy) is 1. The molecule has 1 fully saturated rings. The third kappa shape index (κ3) is 3.91. The summed E-state index contributed by atoms with van der Waals surface area (Å²) in [5.74, 6) is -0.590. The number of nitrogens with zero attached hydrogens (tertiary/aromatic N) is 1. The molecule has 1 saturated heterocycles. The average Bonchev–Trinajstić information content (AvgIpc) is 3.34. The summed E-state index contributed by atoms with van der Waals surface area (Å²) in [6.07, 6.45) is 1.43. The van der Waals surface area contributed by atoms with Gasteiger partial charge in [0.15, 0.2) is 0 Å². The highest BCUT2D eigenvalue weighted by molar-refractivity contribution is 6.46. The zero-order valence-electron chi connectivity index (χ0n) is 18.4. The molecule has 2 heterocycles. The molecule has 2 atom stereocenters. The predicted octanol–water partition coefficient (Wildman–Crippen LogP) is 4.67. The van der Waals surface area contributed by atoms with Crippen molar-refractivity contribution in [2.24, 2.45) is 0 Å². The van der Waals surface area contributed by atoms with Gasteiger partial charge in [-0.25, -0.2) is 0 Å². The Morgan fingerprint density at radius 3 is 2.42 bits per heavy atom. The molecule has 0 spiro atoms. The number of hydrogen-bond donors (Lipinski definition) is 1. The number of carbonyl (C=O) groups excluding carboxylic acids is 2. The van der Waals surface area contributed by atoms with Crippen molar-refractivity contribution < 1.29 is 19.4 Å². The van der Waals surface area contributed by atoms with E-state index in [4.69, 9.17) is 4.74 Å². The van der Waals surface area contributed by atoms with Crippen LogP contribution in [0.2, 0.25) is 0 Å². The number of amides is 1. The van der Waals surface area contributed by atoms with Crippen molar-refractivity contribution >= 4 is 17.4 Å². The molecule has 33 heavy (non-hydrogen) atoms. The van der Waals surface area contributed by atoms with E-state index in [1.54, 1.807) is 11.0 Å². The number of benzene rings is 3. The van der Waals surface area contributed by atoms with Crippen molar-refractivity contribution in [2.45, 2.75) is 31.9 Å². The van der Waals surface area contributed by atoms with E-state index in [1.165, 1.54) is 0 Å². The summed E-state index contributed by atoms with van der Waals surface area (Å²) in [7, 11) is 0. The summed E-state index contributed by atoms with van der Waals surface area (Å²) >= 11 is 0. The second-order valence-corrected chi connectivity index (χ2v) is 8.59. The van der Waals surface area contributed by atoms with Crippen LogP contribution in [0.1, 0.15) is 35.2 Å². The Bertz CT molecular complexity index is 1230. The van der Waals surface area contributed by atoms with Gasteiger partial charge >= 0.3 is 0 Å². The smallest absolute Gasteiger partial charge is 0.295 e. The van der Waals surface area contributed by atoms with Gasteiger partial charge in [-0.1, -0.05) is 60.7 Å². The van der Waals surface area contributed by atoms with Gasteiger partial charge in [-0.05, 0) is 48.2 Å². The van der Waals surface area contributed by atoms with E-state index in [0.717, 1.165) is 28.9 Å². The zero-order chi connectivity index (χ0) is 22.9. The van der Waals surface area contributed by atoms with Crippen molar-refractivity contribution in [1.82, 2.24) is 4.90 Å². The minimum Gasteiger partial charge on any atom is -0.507 e. The SMILES string of the molecule is C[C@H]1Cc2cc(/C(O)=C3\C(=O)C(=O)N(CCc4ccccc4)[C@@H]3c3ccccc3)ccc2O1. The van der Waals surface area contributed by atoms with E-state index < -0.39 is 17.7 Å². The van der Waals surface area contributed by atoms with Crippen molar-refractivity contribution in [3.8, 4) is 5.75 Å². The Hall–Kier alpha value is -3.86. The molecular formula is C28H25NO4. The van der Waals surface area contributed by atoms with Gasteiger partial charge in [-0.2, -0.15) is 0 Å². The molecule has 1 amide bonds. The van der Waals surface area contributed by atoms with Gasteiger partial charge in [0.2, 0.25) is 0 Å². The molecule has 2 aliphatic rings. The zero-order valence-corrected chi connectivity index (χ0v) is 18.4. The van der Waals surface area contributed by atoms with Crippen LogP contribution in [0.25, 0.3) is 5.76 Å². The van der Waals surface area contributed by atoms with Crippen LogP contribution in [0.3, 0.4) is 0 Å². The highest BCUT2D eigenvalue weighted by atomic mass is 16.5. The van der Waals surface area contributed by atoms with Crippen molar-refractivity contribution in [3.05, 3.63) is 107 Å². The van der Waals surface area contributed by atoms with Crippen LogP contribution in [-0.4, -0.2) is 34.3 Å². The molecule has 2 aliphatic heterocycles. The van der Waals surface area contributed by atoms with Crippen LogP contribution in [0.4, 0.5) is 0 Å². The van der Waals surface area contributed by atoms with E-state index in [2.05, 4.69) is 0 Å². The molecule has 0 bridgehead atoms. The maximum atomic E-state index is 13.2. The third-order valence-corrected chi connectivity index (χ3v) is 6.31. The second kappa shape index (κ2) is 8.58. The molecule has 5 rings (SSSR count). The monoisotopic (exact) mass is 439 g/mol. The molecule has 0 saturated carbocycles. The summed E-state index contributed by atoms with van der Waals surface area (Å²) < 4.78 is 5.76. The summed E-state index contributed by atoms with van der Waals surface area (Å²) in [6, 6.07) is 24.0. The van der Waals surface area contributed by atoms with Crippen LogP contribution in [0, 0.1) is 0 Å². The number of hydrogen-bond acceptors (Lipinski definition) is 4. The number of aliphatic hydroxyl groups is 1. The van der Waals surface area contributed by atoms with Crippen LogP contribution >= 0.6 is 0 Å². The Labute approximate surface area is 192 Å². The molecular weight excluding hydrogens is 414 g/mol. The van der Waals surface area contributed by atoms with E-state index >= 15 is 0 Å². The first-order valence-electron chi connectivity index (χ1n) is 11.2. The fourth-order valence-corrected chi connectivity index (χ4v) is 4.71. The molecule has 3 aromatic carbocycles. The van der Waals surface area contributed by atoms with Crippen LogP contribution in [-0.2, 0) is 22.4 Å². The van der Waals surface area contributed by atoms with Crippen molar-refractivity contribution in [2.75, 3.05) is 6.54 Å². The van der Waals surface area contributed by atoms with Crippen molar-refractivity contribution in [3.63, 3.8) is 0 Å². The summed E-state index contributed by atoms with van der Waals surface area (Å²) in [5, 5.41) is 11.3. The molecule has 0 radical (unpaired) electrons. The van der Waals surface area contributed by atoms with E-state index in [1.807, 2.05) is 79.7 Å². The number of ketones is 1. The lowest BCUT2D eigenvalue weighted by molar-refractivity contribution is -0.139. The number of carbonyl (C=O) groups is 2. The molecule has 3 aromatic rings. The Balaban J connectivity index is 1.56. The summed E-state index contributed by atoms with van der Waals surface area (Å²) in [4.78, 5) is 27.9. The van der Waals surface area contributed by atoms with Gasteiger partial charge in [0.1, 0.15) is 17.6 Å². The quantitative estimate of drug-likeness (QED) is 0.356. The van der Waals surface area contributed by atoms with Gasteiger partial charge in [0, 0.05) is 18.5 Å². The summed E-state index contributed by atoms with van der Waals surface area (Å²) in [6.45, 7) is 2.37. The van der Waals surface area contributed by atoms with Crippen molar-refractivity contribution in [1.29, 1.82) is 0 Å². The lowest BCUT2D eigenvalue weighted by atomic mass is 9.94. The molecule has 0 unspecified atom stereocenters. The Morgan fingerprint density at radius 2 is 1.70 bits per heavy atom. The van der Waals surface area contributed by atoms with Gasteiger partial charge in [0.05, 0.1) is 11.6 Å². The van der Waals surface area contributed by atoms with Gasteiger partial charge in [-0.15, -0.1) is 0 Å². The van der Waals surface area contributed by atoms with E-state index in [-0.39, 0.29) is 17.4 Å². The maximum absolute atomic E-state index is 13.2. The molecule has 1 N–H and O–H groups in total. The molecule has 0 aliphatic carbocycles. The van der Waals surface area contributed by atoms with E-state index in [0.29, 0.717) is 18.5 Å². The fraction of sp³-hybridized carbons (Fsp3) is 0.214. The molecule has 5 nitrogen and oxygen atoms in total. The average molecular weight is 440 g/mol. The highest BCUT2D eigenvalue weighted by Gasteiger charge is 2.45. The predicted molar refractivity (Wildman–Crippen MR) is 126 cm³/mol. The first-order chi connectivity index (χ1) is 16.0. The molecule has 5 heteroatoms. The van der Waals surface area contributed by atoms with Gasteiger partial charge in [-0.3, -0.25) is 9.59 Å². The van der Waals surface area contributed by atoms with Gasteiger partial charge < -0.3 is 14.7 Å². The van der Waals surface area contributed by atoms with Gasteiger partial charge in [0.25, 0.3) is 11.7 Å². The highest BCUT2D eigenvalue weighted by Crippen LogP contribution is 2.40. The normalized spacial score (nSPS) is 21.2. The minimum absolute atomic E-state index is 0.0743. The topological polar surface area (TPSA) is 66.8 Å². The number of rotatable bonds is 5. The van der Waals surface area contributed by atoms with Crippen LogP contribution in [0.15, 0.2) is 84.4 Å². The minimum atomic E-state index is -0.653. The van der Waals surface area contributed by atoms with E-state index in [9.17, 15) is 14.7 Å². The largest absolute Gasteiger partial charge is 0.507 e. The second-order valence-electron chi connectivity index (χ2n) is 8.59. The number of likely N-dealkylation sites (tertiary alicyclic amines) is 1. The Kier molecular flexibility index (Phi) is 5.47. The molecule has 0 aromatic heterocycles. The van der Waals surface area contributed by atoms with Crippen LogP contribution < -0.4 is 4.74 Å². The summed E-state index contributed by atoms with van der Waals surface area (Å²) in [5.41, 5.74) is 3.52. The molecule has 166 valence electrons. The van der Waals surface area contributed by atoms with Crippen LogP contribution in [0.5, 0.6) is 5.75 Å². The standard InChI is InChI=1S/C28H25NO4/c1-18-16-22-17-21(12-13-23(22)33-18)26(30)24-25(20-10-6-3-7-11-20)29(28(32)27(24)31)15-14-19-8-4-2-5-9-19/h2-13,17-18,25,30H,14-16H2,1H3/b26-24+/t18-,25+/m0/s1. The first kappa shape index (κ1) is 21.0. The number of aliphatic hydroxyl groups excluding tert-OH is 1. The number of fused-ring (bicyclic) bond motifs is 1. The lowest BCUT2D eigenvalue weighted by Gasteiger charge is -2.25.